The van der Waals surface area contributed by atoms with Gasteiger partial charge in [-0.05, 0) is 56.0 Å². The van der Waals surface area contributed by atoms with Crippen molar-refractivity contribution >= 4 is 22.8 Å². The van der Waals surface area contributed by atoms with Crippen LogP contribution < -0.4 is 11.1 Å². The van der Waals surface area contributed by atoms with Crippen LogP contribution in [-0.2, 0) is 6.54 Å². The van der Waals surface area contributed by atoms with Crippen LogP contribution in [0.3, 0.4) is 0 Å². The second-order valence-corrected chi connectivity index (χ2v) is 7.83. The summed E-state index contributed by atoms with van der Waals surface area (Å²) in [4.78, 5) is 15.8. The Morgan fingerprint density at radius 3 is 2.67 bits per heavy atom. The number of hydrogen-bond acceptors (Lipinski definition) is 7. The Bertz CT molecular complexity index is 1130. The normalized spacial score (nSPS) is 15.3. The van der Waals surface area contributed by atoms with Gasteiger partial charge in [0.25, 0.3) is 0 Å². The van der Waals surface area contributed by atoms with E-state index in [2.05, 4.69) is 25.2 Å². The van der Waals surface area contributed by atoms with Crippen LogP contribution in [-0.4, -0.2) is 39.0 Å². The minimum Gasteiger partial charge on any atom is -0.383 e. The van der Waals surface area contributed by atoms with Crippen molar-refractivity contribution in [1.29, 1.82) is 5.26 Å². The molecule has 0 unspecified atom stereocenters. The Morgan fingerprint density at radius 1 is 1.20 bits per heavy atom. The summed E-state index contributed by atoms with van der Waals surface area (Å²) in [6, 6.07) is 8.87. The standard InChI is InChI=1S/C22H24FN7/c1-13-9-14(2)26-21-19(13)20(25)28-22(29-21)27-17-5-7-30(8-6-17)12-15-3-4-16(11-24)18(23)10-15/h3-4,9-10,17H,5-8,12H2,1-2H3,(H3,25,26,27,28,29). The van der Waals surface area contributed by atoms with Crippen molar-refractivity contribution in [3.05, 3.63) is 52.5 Å². The lowest BCUT2D eigenvalue weighted by Gasteiger charge is -2.32. The van der Waals surface area contributed by atoms with E-state index in [1.165, 1.54) is 12.1 Å². The van der Waals surface area contributed by atoms with Crippen LogP contribution in [0.4, 0.5) is 16.2 Å². The van der Waals surface area contributed by atoms with Crippen molar-refractivity contribution in [3.8, 4) is 6.07 Å². The number of piperidine rings is 1. The Balaban J connectivity index is 1.39. The predicted molar refractivity (Wildman–Crippen MR) is 114 cm³/mol. The SMILES string of the molecule is Cc1cc(C)c2c(N)nc(NC3CCN(Cc4ccc(C#N)c(F)c4)CC3)nc2n1. The number of nitrogen functional groups attached to an aromatic ring is 1. The number of hydrogen-bond donors (Lipinski definition) is 2. The van der Waals surface area contributed by atoms with E-state index < -0.39 is 5.82 Å². The Hall–Kier alpha value is -3.31. The number of anilines is 2. The lowest BCUT2D eigenvalue weighted by atomic mass is 10.0. The highest BCUT2D eigenvalue weighted by Crippen LogP contribution is 2.24. The fourth-order valence-electron chi connectivity index (χ4n) is 4.00. The highest BCUT2D eigenvalue weighted by molar-refractivity contribution is 5.89. The number of halogens is 1. The number of likely N-dealkylation sites (tertiary alicyclic amines) is 1. The van der Waals surface area contributed by atoms with Crippen molar-refractivity contribution in [2.45, 2.75) is 39.3 Å². The molecule has 0 bridgehead atoms. The van der Waals surface area contributed by atoms with Crippen LogP contribution in [0, 0.1) is 31.0 Å². The number of aromatic nitrogens is 3. The summed E-state index contributed by atoms with van der Waals surface area (Å²) in [7, 11) is 0. The predicted octanol–water partition coefficient (Wildman–Crippen LogP) is 3.31. The molecule has 1 aliphatic heterocycles. The van der Waals surface area contributed by atoms with E-state index in [4.69, 9.17) is 11.0 Å². The smallest absolute Gasteiger partial charge is 0.226 e. The number of rotatable bonds is 4. The van der Waals surface area contributed by atoms with Crippen LogP contribution in [0.15, 0.2) is 24.3 Å². The van der Waals surface area contributed by atoms with Gasteiger partial charge in [-0.15, -0.1) is 0 Å². The van der Waals surface area contributed by atoms with Gasteiger partial charge in [0.05, 0.1) is 10.9 Å². The molecule has 8 heteroatoms. The van der Waals surface area contributed by atoms with E-state index in [0.29, 0.717) is 24.0 Å². The second-order valence-electron chi connectivity index (χ2n) is 7.83. The van der Waals surface area contributed by atoms with Gasteiger partial charge in [-0.1, -0.05) is 6.07 Å². The molecule has 0 spiro atoms. The van der Waals surface area contributed by atoms with E-state index in [0.717, 1.165) is 48.1 Å². The molecule has 1 saturated heterocycles. The number of nitrogens with zero attached hydrogens (tertiary/aromatic N) is 5. The van der Waals surface area contributed by atoms with E-state index in [-0.39, 0.29) is 11.6 Å². The van der Waals surface area contributed by atoms with Crippen molar-refractivity contribution < 1.29 is 4.39 Å². The van der Waals surface area contributed by atoms with Crippen LogP contribution in [0.25, 0.3) is 11.0 Å². The van der Waals surface area contributed by atoms with Crippen molar-refractivity contribution in [2.75, 3.05) is 24.1 Å². The van der Waals surface area contributed by atoms with Gasteiger partial charge in [-0.25, -0.2) is 9.37 Å². The summed E-state index contributed by atoms with van der Waals surface area (Å²) in [6.07, 6.45) is 1.83. The van der Waals surface area contributed by atoms with Gasteiger partial charge >= 0.3 is 0 Å². The van der Waals surface area contributed by atoms with Crippen LogP contribution in [0.5, 0.6) is 0 Å². The van der Waals surface area contributed by atoms with Gasteiger partial charge in [-0.3, -0.25) is 4.90 Å². The quantitative estimate of drug-likeness (QED) is 0.686. The highest BCUT2D eigenvalue weighted by Gasteiger charge is 2.21. The number of fused-ring (bicyclic) bond motifs is 1. The van der Waals surface area contributed by atoms with E-state index in [9.17, 15) is 4.39 Å². The summed E-state index contributed by atoms with van der Waals surface area (Å²) in [5.74, 6) is 0.481. The van der Waals surface area contributed by atoms with Crippen molar-refractivity contribution in [3.63, 3.8) is 0 Å². The lowest BCUT2D eigenvalue weighted by Crippen LogP contribution is -2.39. The van der Waals surface area contributed by atoms with Crippen LogP contribution >= 0.6 is 0 Å². The molecular formula is C22H24FN7. The second kappa shape index (κ2) is 8.20. The molecule has 30 heavy (non-hydrogen) atoms. The monoisotopic (exact) mass is 405 g/mol. The Labute approximate surface area is 174 Å². The van der Waals surface area contributed by atoms with Gasteiger partial charge in [0.15, 0.2) is 5.65 Å². The number of benzene rings is 1. The van der Waals surface area contributed by atoms with Gasteiger partial charge in [0.1, 0.15) is 17.7 Å². The zero-order chi connectivity index (χ0) is 21.3. The van der Waals surface area contributed by atoms with Gasteiger partial charge < -0.3 is 11.1 Å². The molecule has 0 aliphatic carbocycles. The molecule has 1 fully saturated rings. The zero-order valence-electron chi connectivity index (χ0n) is 17.1. The highest BCUT2D eigenvalue weighted by atomic mass is 19.1. The molecule has 0 atom stereocenters. The summed E-state index contributed by atoms with van der Waals surface area (Å²) in [5.41, 5.74) is 9.65. The minimum absolute atomic E-state index is 0.0798. The molecule has 2 aromatic heterocycles. The van der Waals surface area contributed by atoms with Crippen LogP contribution in [0.2, 0.25) is 0 Å². The molecule has 4 rings (SSSR count). The van der Waals surface area contributed by atoms with Crippen LogP contribution in [0.1, 0.15) is 35.2 Å². The molecule has 1 aromatic carbocycles. The fourth-order valence-corrected chi connectivity index (χ4v) is 4.00. The van der Waals surface area contributed by atoms with Gasteiger partial charge in [-0.2, -0.15) is 15.2 Å². The first-order chi connectivity index (χ1) is 14.4. The Kier molecular flexibility index (Phi) is 5.46. The molecule has 0 amide bonds. The van der Waals surface area contributed by atoms with Gasteiger partial charge in [0, 0.05) is 31.4 Å². The zero-order valence-corrected chi connectivity index (χ0v) is 17.1. The maximum Gasteiger partial charge on any atom is 0.226 e. The average molecular weight is 405 g/mol. The molecule has 1 aliphatic rings. The number of aryl methyl sites for hydroxylation is 2. The molecular weight excluding hydrogens is 381 g/mol. The number of nitriles is 1. The van der Waals surface area contributed by atoms with E-state index in [1.54, 1.807) is 0 Å². The maximum atomic E-state index is 13.8. The third kappa shape index (κ3) is 4.16. The first-order valence-corrected chi connectivity index (χ1v) is 10.0. The first-order valence-electron chi connectivity index (χ1n) is 10.0. The maximum absolute atomic E-state index is 13.8. The summed E-state index contributed by atoms with van der Waals surface area (Å²) in [6.45, 7) is 6.33. The van der Waals surface area contributed by atoms with Crippen molar-refractivity contribution in [2.24, 2.45) is 0 Å². The molecule has 0 saturated carbocycles. The first kappa shape index (κ1) is 20.0. The lowest BCUT2D eigenvalue weighted by molar-refractivity contribution is 0.211. The number of nitrogens with two attached hydrogens (primary N) is 1. The Morgan fingerprint density at radius 2 is 1.97 bits per heavy atom. The molecule has 3 N–H and O–H groups in total. The number of pyridine rings is 1. The number of nitrogens with one attached hydrogen (secondary N) is 1. The summed E-state index contributed by atoms with van der Waals surface area (Å²) < 4.78 is 13.8. The molecule has 0 radical (unpaired) electrons. The average Bonchev–Trinajstić information content (AvgIpc) is 2.69. The summed E-state index contributed by atoms with van der Waals surface area (Å²) >= 11 is 0. The fraction of sp³-hybridized carbons (Fsp3) is 0.364. The molecule has 7 nitrogen and oxygen atoms in total. The van der Waals surface area contributed by atoms with Gasteiger partial charge in [0.2, 0.25) is 5.95 Å². The van der Waals surface area contributed by atoms with E-state index >= 15 is 0 Å². The summed E-state index contributed by atoms with van der Waals surface area (Å²) in [5, 5.41) is 13.1. The third-order valence-corrected chi connectivity index (χ3v) is 5.50. The largest absolute Gasteiger partial charge is 0.383 e. The molecule has 3 aromatic rings. The third-order valence-electron chi connectivity index (χ3n) is 5.50. The molecule has 154 valence electrons. The topological polar surface area (TPSA) is 104 Å². The molecule has 3 heterocycles. The minimum atomic E-state index is -0.461. The van der Waals surface area contributed by atoms with Crippen molar-refractivity contribution in [1.82, 2.24) is 19.9 Å². The van der Waals surface area contributed by atoms with E-state index in [1.807, 2.05) is 32.0 Å².